The molecule has 0 saturated heterocycles. The molecule has 1 aliphatic carbocycles. The van der Waals surface area contributed by atoms with E-state index in [2.05, 4.69) is 0 Å². The van der Waals surface area contributed by atoms with Crippen molar-refractivity contribution >= 4 is 11.8 Å². The van der Waals surface area contributed by atoms with Crippen LogP contribution in [0.25, 0.3) is 0 Å². The molecule has 1 fully saturated rings. The Morgan fingerprint density at radius 3 is 2.29 bits per heavy atom. The van der Waals surface area contributed by atoms with Gasteiger partial charge in [-0.25, -0.2) is 13.2 Å². The van der Waals surface area contributed by atoms with E-state index in [-0.39, 0.29) is 16.5 Å². The van der Waals surface area contributed by atoms with E-state index in [1.54, 1.807) is 6.92 Å². The zero-order chi connectivity index (χ0) is 12.8. The van der Waals surface area contributed by atoms with E-state index in [4.69, 9.17) is 5.73 Å². The quantitative estimate of drug-likeness (QED) is 0.668. The highest BCUT2D eigenvalue weighted by Gasteiger charge is 2.50. The van der Waals surface area contributed by atoms with E-state index in [9.17, 15) is 13.2 Å². The maximum absolute atomic E-state index is 13.9. The summed E-state index contributed by atoms with van der Waals surface area (Å²) in [4.78, 5) is -0.272. The lowest BCUT2D eigenvalue weighted by Crippen LogP contribution is -2.32. The molecule has 1 atom stereocenters. The van der Waals surface area contributed by atoms with Crippen molar-refractivity contribution in [2.24, 2.45) is 5.73 Å². The van der Waals surface area contributed by atoms with Crippen LogP contribution in [0.1, 0.15) is 25.3 Å². The minimum absolute atomic E-state index is 0.0836. The number of rotatable bonds is 3. The van der Waals surface area contributed by atoms with E-state index in [1.807, 2.05) is 0 Å². The van der Waals surface area contributed by atoms with Gasteiger partial charge >= 0.3 is 0 Å². The van der Waals surface area contributed by atoms with Crippen LogP contribution in [0.2, 0.25) is 0 Å². The molecule has 1 aromatic carbocycles. The van der Waals surface area contributed by atoms with E-state index in [0.29, 0.717) is 12.8 Å². The maximum atomic E-state index is 13.9. The summed E-state index contributed by atoms with van der Waals surface area (Å²) >= 11 is 0.863. The van der Waals surface area contributed by atoms with Crippen molar-refractivity contribution in [1.29, 1.82) is 0 Å². The molecule has 1 aliphatic rings. The SMILES string of the molecule is CSc1c(F)cc(C2(C(C)N)CC2)c(F)c1F. The van der Waals surface area contributed by atoms with Crippen molar-refractivity contribution < 1.29 is 13.2 Å². The fourth-order valence-electron chi connectivity index (χ4n) is 2.23. The van der Waals surface area contributed by atoms with Crippen LogP contribution in [0, 0.1) is 17.5 Å². The summed E-state index contributed by atoms with van der Waals surface area (Å²) < 4.78 is 41.2. The Morgan fingerprint density at radius 1 is 1.29 bits per heavy atom. The standard InChI is InChI=1S/C12H14F3NS/c1-6(16)12(3-4-12)7-5-8(13)11(17-2)10(15)9(7)14/h5-6H,3-4,16H2,1-2H3. The van der Waals surface area contributed by atoms with Crippen molar-refractivity contribution in [3.05, 3.63) is 29.1 Å². The molecule has 0 amide bonds. The summed E-state index contributed by atoms with van der Waals surface area (Å²) in [5.41, 5.74) is 5.29. The Bertz CT molecular complexity index is 456. The average Bonchev–Trinajstić information content (AvgIpc) is 3.05. The minimum Gasteiger partial charge on any atom is -0.327 e. The van der Waals surface area contributed by atoms with E-state index < -0.39 is 22.9 Å². The molecule has 0 heterocycles. The molecule has 1 nitrogen and oxygen atoms in total. The molecule has 94 valence electrons. The number of nitrogens with two attached hydrogens (primary N) is 1. The second-order valence-electron chi connectivity index (χ2n) is 4.51. The van der Waals surface area contributed by atoms with Crippen LogP contribution in [-0.2, 0) is 5.41 Å². The smallest absolute Gasteiger partial charge is 0.175 e. The molecule has 0 radical (unpaired) electrons. The van der Waals surface area contributed by atoms with Crippen LogP contribution in [0.3, 0.4) is 0 Å². The van der Waals surface area contributed by atoms with Crippen LogP contribution >= 0.6 is 11.8 Å². The van der Waals surface area contributed by atoms with Gasteiger partial charge in [0.2, 0.25) is 0 Å². The summed E-state index contributed by atoms with van der Waals surface area (Å²) in [7, 11) is 0. The summed E-state index contributed by atoms with van der Waals surface area (Å²) in [5, 5.41) is 0. The number of hydrogen-bond donors (Lipinski definition) is 1. The van der Waals surface area contributed by atoms with Crippen molar-refractivity contribution in [3.63, 3.8) is 0 Å². The van der Waals surface area contributed by atoms with Crippen molar-refractivity contribution in [3.8, 4) is 0 Å². The third-order valence-corrected chi connectivity index (χ3v) is 4.30. The molecule has 1 unspecified atom stereocenters. The Kier molecular flexibility index (Phi) is 3.16. The largest absolute Gasteiger partial charge is 0.327 e. The van der Waals surface area contributed by atoms with Gasteiger partial charge in [-0.2, -0.15) is 0 Å². The van der Waals surface area contributed by atoms with Crippen LogP contribution in [0.5, 0.6) is 0 Å². The summed E-state index contributed by atoms with van der Waals surface area (Å²) in [6.07, 6.45) is 2.87. The molecule has 5 heteroatoms. The molecule has 17 heavy (non-hydrogen) atoms. The third kappa shape index (κ3) is 1.85. The molecule has 0 spiro atoms. The number of halogens is 3. The van der Waals surface area contributed by atoms with Gasteiger partial charge in [0.15, 0.2) is 11.6 Å². The van der Waals surface area contributed by atoms with Crippen molar-refractivity contribution in [2.45, 2.75) is 36.1 Å². The molecule has 2 rings (SSSR count). The van der Waals surface area contributed by atoms with Gasteiger partial charge in [0.25, 0.3) is 0 Å². The first kappa shape index (κ1) is 12.8. The highest BCUT2D eigenvalue weighted by atomic mass is 32.2. The Morgan fingerprint density at radius 2 is 1.88 bits per heavy atom. The topological polar surface area (TPSA) is 26.0 Å². The molecular formula is C12H14F3NS. The molecular weight excluding hydrogens is 247 g/mol. The molecule has 1 saturated carbocycles. The van der Waals surface area contributed by atoms with Gasteiger partial charge in [-0.1, -0.05) is 0 Å². The maximum Gasteiger partial charge on any atom is 0.175 e. The lowest BCUT2D eigenvalue weighted by molar-refractivity contribution is 0.434. The van der Waals surface area contributed by atoms with Gasteiger partial charge < -0.3 is 5.73 Å². The number of benzene rings is 1. The Labute approximate surface area is 103 Å². The van der Waals surface area contributed by atoms with Crippen LogP contribution in [0.4, 0.5) is 13.2 Å². The second-order valence-corrected chi connectivity index (χ2v) is 5.33. The van der Waals surface area contributed by atoms with Gasteiger partial charge in [0.1, 0.15) is 5.82 Å². The zero-order valence-corrected chi connectivity index (χ0v) is 10.5. The zero-order valence-electron chi connectivity index (χ0n) is 9.69. The summed E-state index contributed by atoms with van der Waals surface area (Å²) in [5.74, 6) is -2.76. The average molecular weight is 261 g/mol. The highest BCUT2D eigenvalue weighted by Crippen LogP contribution is 2.52. The molecule has 0 bridgehead atoms. The van der Waals surface area contributed by atoms with Crippen molar-refractivity contribution in [1.82, 2.24) is 0 Å². The third-order valence-electron chi connectivity index (χ3n) is 3.52. The molecule has 2 N–H and O–H groups in total. The predicted octanol–water partition coefficient (Wildman–Crippen LogP) is 3.20. The Balaban J connectivity index is 2.58. The molecule has 0 aliphatic heterocycles. The predicted molar refractivity (Wildman–Crippen MR) is 62.7 cm³/mol. The lowest BCUT2D eigenvalue weighted by Gasteiger charge is -2.21. The van der Waals surface area contributed by atoms with E-state index >= 15 is 0 Å². The van der Waals surface area contributed by atoms with Crippen molar-refractivity contribution in [2.75, 3.05) is 6.26 Å². The van der Waals surface area contributed by atoms with Crippen LogP contribution in [-0.4, -0.2) is 12.3 Å². The number of hydrogen-bond acceptors (Lipinski definition) is 2. The second kappa shape index (κ2) is 4.21. The van der Waals surface area contributed by atoms with Gasteiger partial charge in [0, 0.05) is 17.0 Å². The van der Waals surface area contributed by atoms with Gasteiger partial charge in [-0.05, 0) is 32.1 Å². The van der Waals surface area contributed by atoms with E-state index in [0.717, 1.165) is 17.8 Å². The fourth-order valence-corrected chi connectivity index (χ4v) is 2.76. The first-order chi connectivity index (χ1) is 7.94. The summed E-state index contributed by atoms with van der Waals surface area (Å²) in [6.45, 7) is 1.74. The first-order valence-electron chi connectivity index (χ1n) is 5.41. The van der Waals surface area contributed by atoms with Gasteiger partial charge in [0.05, 0.1) is 4.90 Å². The molecule has 0 aromatic heterocycles. The lowest BCUT2D eigenvalue weighted by atomic mass is 9.89. The fraction of sp³-hybridized carbons (Fsp3) is 0.500. The normalized spacial score (nSPS) is 19.2. The monoisotopic (exact) mass is 261 g/mol. The first-order valence-corrected chi connectivity index (χ1v) is 6.64. The van der Waals surface area contributed by atoms with Gasteiger partial charge in [-0.3, -0.25) is 0 Å². The minimum atomic E-state index is -1.10. The van der Waals surface area contributed by atoms with Crippen LogP contribution in [0.15, 0.2) is 11.0 Å². The highest BCUT2D eigenvalue weighted by molar-refractivity contribution is 7.98. The number of thioether (sulfide) groups is 1. The van der Waals surface area contributed by atoms with Gasteiger partial charge in [-0.15, -0.1) is 11.8 Å². The van der Waals surface area contributed by atoms with Crippen LogP contribution < -0.4 is 5.73 Å². The molecule has 1 aromatic rings. The Hall–Kier alpha value is -0.680. The van der Waals surface area contributed by atoms with E-state index in [1.165, 1.54) is 6.26 Å². The summed E-state index contributed by atoms with van der Waals surface area (Å²) in [6, 6.07) is 0.788.